The zero-order chi connectivity index (χ0) is 20.5. The van der Waals surface area contributed by atoms with Crippen molar-refractivity contribution in [3.63, 3.8) is 0 Å². The largest absolute Gasteiger partial charge is 0.497 e. The molecule has 0 N–H and O–H groups in total. The first-order valence-electron chi connectivity index (χ1n) is 9.27. The van der Waals surface area contributed by atoms with E-state index in [2.05, 4.69) is 0 Å². The van der Waals surface area contributed by atoms with E-state index in [1.807, 2.05) is 26.0 Å². The fraction of sp³-hybridized carbons (Fsp3) is 0.217. The Bertz CT molecular complexity index is 1260. The maximum absolute atomic E-state index is 12.4. The summed E-state index contributed by atoms with van der Waals surface area (Å²) in [6, 6.07) is 12.0. The van der Waals surface area contributed by atoms with Gasteiger partial charge in [-0.2, -0.15) is 0 Å². The second-order valence-electron chi connectivity index (χ2n) is 7.11. The first-order valence-corrected chi connectivity index (χ1v) is 9.27. The molecule has 4 aromatic rings. The van der Waals surface area contributed by atoms with Gasteiger partial charge in [-0.05, 0) is 35.7 Å². The lowest BCUT2D eigenvalue weighted by Crippen LogP contribution is -2.11. The quantitative estimate of drug-likeness (QED) is 0.275. The third kappa shape index (κ3) is 3.74. The Balaban J connectivity index is 1.57. The Kier molecular flexibility index (Phi) is 4.84. The molecule has 6 nitrogen and oxygen atoms in total. The van der Waals surface area contributed by atoms with Crippen molar-refractivity contribution in [2.75, 3.05) is 7.11 Å². The lowest BCUT2D eigenvalue weighted by Gasteiger charge is -2.10. The van der Waals surface area contributed by atoms with Crippen LogP contribution in [0.4, 0.5) is 0 Å². The molecule has 0 spiro atoms. The lowest BCUT2D eigenvalue weighted by molar-refractivity contribution is -0.133. The number of methoxy groups -OCH3 is 1. The second-order valence-corrected chi connectivity index (χ2v) is 7.11. The van der Waals surface area contributed by atoms with Crippen LogP contribution in [0.5, 0.6) is 11.5 Å². The van der Waals surface area contributed by atoms with Crippen molar-refractivity contribution in [1.82, 2.24) is 0 Å². The second kappa shape index (κ2) is 7.47. The van der Waals surface area contributed by atoms with Gasteiger partial charge in [-0.15, -0.1) is 0 Å². The molecule has 148 valence electrons. The molecule has 0 saturated carbocycles. The van der Waals surface area contributed by atoms with Crippen LogP contribution in [0.2, 0.25) is 0 Å². The Morgan fingerprint density at radius 2 is 1.72 bits per heavy atom. The highest BCUT2D eigenvalue weighted by Gasteiger charge is 2.15. The standard InChI is InChI=1S/C23H20O6/c1-13(2)19-11-23(25)29-21-10-16(5-7-18(19)21)28-22(24)8-14-12-27-20-9-15(26-3)4-6-17(14)20/h4-7,9-13H,8H2,1-3H3. The summed E-state index contributed by atoms with van der Waals surface area (Å²) >= 11 is 0. The number of benzene rings is 2. The molecule has 2 heterocycles. The van der Waals surface area contributed by atoms with Gasteiger partial charge >= 0.3 is 11.6 Å². The van der Waals surface area contributed by atoms with Crippen molar-refractivity contribution >= 4 is 27.9 Å². The number of rotatable bonds is 5. The van der Waals surface area contributed by atoms with Gasteiger partial charge in [0, 0.05) is 34.5 Å². The van der Waals surface area contributed by atoms with Crippen LogP contribution in [0, 0.1) is 0 Å². The zero-order valence-corrected chi connectivity index (χ0v) is 16.4. The SMILES string of the molecule is COc1ccc2c(CC(=O)Oc3ccc4c(C(C)C)cc(=O)oc4c3)coc2c1. The van der Waals surface area contributed by atoms with Crippen molar-refractivity contribution < 1.29 is 23.1 Å². The predicted molar refractivity (Wildman–Crippen MR) is 109 cm³/mol. The molecule has 0 amide bonds. The highest BCUT2D eigenvalue weighted by Crippen LogP contribution is 2.28. The van der Waals surface area contributed by atoms with Crippen molar-refractivity contribution in [3.8, 4) is 11.5 Å². The molecule has 4 rings (SSSR count). The Labute approximate surface area is 166 Å². The molecule has 0 saturated heterocycles. The summed E-state index contributed by atoms with van der Waals surface area (Å²) in [7, 11) is 1.58. The van der Waals surface area contributed by atoms with Crippen molar-refractivity contribution in [2.45, 2.75) is 26.2 Å². The van der Waals surface area contributed by atoms with Crippen molar-refractivity contribution in [1.29, 1.82) is 0 Å². The normalized spacial score (nSPS) is 11.3. The van der Waals surface area contributed by atoms with Crippen LogP contribution in [0.1, 0.15) is 30.9 Å². The average molecular weight is 392 g/mol. The first kappa shape index (κ1) is 18.8. The molecule has 0 radical (unpaired) electrons. The zero-order valence-electron chi connectivity index (χ0n) is 16.4. The fourth-order valence-electron chi connectivity index (χ4n) is 3.36. The number of hydrogen-bond acceptors (Lipinski definition) is 6. The maximum Gasteiger partial charge on any atom is 0.336 e. The Morgan fingerprint density at radius 3 is 2.48 bits per heavy atom. The Morgan fingerprint density at radius 1 is 1.00 bits per heavy atom. The topological polar surface area (TPSA) is 78.9 Å². The van der Waals surface area contributed by atoms with E-state index >= 15 is 0 Å². The van der Waals surface area contributed by atoms with Gasteiger partial charge < -0.3 is 18.3 Å². The van der Waals surface area contributed by atoms with Crippen molar-refractivity contribution in [2.24, 2.45) is 0 Å². The first-order chi connectivity index (χ1) is 13.9. The van der Waals surface area contributed by atoms with Gasteiger partial charge in [-0.25, -0.2) is 4.79 Å². The molecule has 0 fully saturated rings. The minimum Gasteiger partial charge on any atom is -0.497 e. The van der Waals surface area contributed by atoms with Crippen LogP contribution in [0.15, 0.2) is 62.4 Å². The fourth-order valence-corrected chi connectivity index (χ4v) is 3.36. The van der Waals surface area contributed by atoms with E-state index in [1.165, 1.54) is 6.07 Å². The van der Waals surface area contributed by atoms with E-state index in [9.17, 15) is 9.59 Å². The van der Waals surface area contributed by atoms with Crippen LogP contribution < -0.4 is 15.1 Å². The third-order valence-electron chi connectivity index (χ3n) is 4.80. The molecule has 0 aliphatic carbocycles. The number of ether oxygens (including phenoxy) is 2. The van der Waals surface area contributed by atoms with Gasteiger partial charge in [0.2, 0.25) is 0 Å². The molecule has 0 aliphatic rings. The highest BCUT2D eigenvalue weighted by molar-refractivity contribution is 5.88. The molecular weight excluding hydrogens is 372 g/mol. The van der Waals surface area contributed by atoms with Gasteiger partial charge in [0.25, 0.3) is 0 Å². The van der Waals surface area contributed by atoms with Gasteiger partial charge in [0.1, 0.15) is 22.7 Å². The lowest BCUT2D eigenvalue weighted by atomic mass is 10.00. The third-order valence-corrected chi connectivity index (χ3v) is 4.80. The maximum atomic E-state index is 12.4. The Hall–Kier alpha value is -3.54. The smallest absolute Gasteiger partial charge is 0.336 e. The van der Waals surface area contributed by atoms with Crippen LogP contribution in [-0.4, -0.2) is 13.1 Å². The predicted octanol–water partition coefficient (Wildman–Crippen LogP) is 4.82. The van der Waals surface area contributed by atoms with E-state index in [1.54, 1.807) is 37.6 Å². The molecule has 2 aromatic carbocycles. The minimum atomic E-state index is -0.440. The summed E-state index contributed by atoms with van der Waals surface area (Å²) in [5.74, 6) is 0.730. The summed E-state index contributed by atoms with van der Waals surface area (Å²) < 4.78 is 21.4. The molecular formula is C23H20O6. The van der Waals surface area contributed by atoms with Gasteiger partial charge in [0.15, 0.2) is 0 Å². The monoisotopic (exact) mass is 392 g/mol. The van der Waals surface area contributed by atoms with Crippen LogP contribution >= 0.6 is 0 Å². The molecule has 0 bridgehead atoms. The number of furan rings is 1. The summed E-state index contributed by atoms with van der Waals surface area (Å²) in [5, 5.41) is 1.66. The number of fused-ring (bicyclic) bond motifs is 2. The summed E-state index contributed by atoms with van der Waals surface area (Å²) in [5.41, 5.74) is 2.23. The van der Waals surface area contributed by atoms with Crippen LogP contribution in [0.25, 0.3) is 21.9 Å². The number of carbonyl (C=O) groups excluding carboxylic acids is 1. The summed E-state index contributed by atoms with van der Waals surface area (Å²) in [4.78, 5) is 24.3. The number of hydrogen-bond donors (Lipinski definition) is 0. The van der Waals surface area contributed by atoms with E-state index in [0.29, 0.717) is 22.7 Å². The van der Waals surface area contributed by atoms with Gasteiger partial charge in [0.05, 0.1) is 19.8 Å². The molecule has 29 heavy (non-hydrogen) atoms. The van der Waals surface area contributed by atoms with E-state index in [-0.39, 0.29) is 12.3 Å². The molecule has 0 aliphatic heterocycles. The molecule has 2 aromatic heterocycles. The van der Waals surface area contributed by atoms with E-state index < -0.39 is 11.6 Å². The highest BCUT2D eigenvalue weighted by atomic mass is 16.5. The van der Waals surface area contributed by atoms with Crippen LogP contribution in [0.3, 0.4) is 0 Å². The summed E-state index contributed by atoms with van der Waals surface area (Å²) in [6.07, 6.45) is 1.59. The number of carbonyl (C=O) groups is 1. The van der Waals surface area contributed by atoms with E-state index in [0.717, 1.165) is 21.9 Å². The molecule has 0 atom stereocenters. The minimum absolute atomic E-state index is 0.0490. The molecule has 0 unspecified atom stereocenters. The van der Waals surface area contributed by atoms with Crippen LogP contribution in [-0.2, 0) is 11.2 Å². The summed E-state index contributed by atoms with van der Waals surface area (Å²) in [6.45, 7) is 4.01. The van der Waals surface area contributed by atoms with Gasteiger partial charge in [-0.1, -0.05) is 13.8 Å². The average Bonchev–Trinajstić information content (AvgIpc) is 3.08. The van der Waals surface area contributed by atoms with Crippen molar-refractivity contribution in [3.05, 3.63) is 70.3 Å². The van der Waals surface area contributed by atoms with Gasteiger partial charge in [-0.3, -0.25) is 4.79 Å². The molecule has 6 heteroatoms. The van der Waals surface area contributed by atoms with E-state index in [4.69, 9.17) is 18.3 Å². The number of esters is 1.